The lowest BCUT2D eigenvalue weighted by Gasteiger charge is -2.41. The van der Waals surface area contributed by atoms with Gasteiger partial charge in [0.15, 0.2) is 0 Å². The van der Waals surface area contributed by atoms with Crippen LogP contribution in [0.4, 0.5) is 0 Å². The highest BCUT2D eigenvalue weighted by Crippen LogP contribution is 2.33. The van der Waals surface area contributed by atoms with E-state index >= 15 is 0 Å². The van der Waals surface area contributed by atoms with Gasteiger partial charge in [0.2, 0.25) is 0 Å². The van der Waals surface area contributed by atoms with Gasteiger partial charge < -0.3 is 14.7 Å². The van der Waals surface area contributed by atoms with Crippen LogP contribution in [-0.4, -0.2) is 49.5 Å². The smallest absolute Gasteiger partial charge is 0.0698 e. The van der Waals surface area contributed by atoms with Gasteiger partial charge in [-0.1, -0.05) is 37.3 Å². The van der Waals surface area contributed by atoms with Crippen LogP contribution >= 0.6 is 0 Å². The van der Waals surface area contributed by atoms with Gasteiger partial charge in [-0.15, -0.1) is 0 Å². The van der Waals surface area contributed by atoms with Crippen molar-refractivity contribution in [2.45, 2.75) is 25.2 Å². The largest absolute Gasteiger partial charge is 0.394 e. The minimum atomic E-state index is 0.113. The van der Waals surface area contributed by atoms with Crippen molar-refractivity contribution >= 4 is 0 Å². The first-order chi connectivity index (χ1) is 9.24. The lowest BCUT2D eigenvalue weighted by atomic mass is 9.76. The van der Waals surface area contributed by atoms with Crippen molar-refractivity contribution in [1.82, 2.24) is 4.90 Å². The fourth-order valence-electron chi connectivity index (χ4n) is 2.97. The Labute approximate surface area is 116 Å². The van der Waals surface area contributed by atoms with Crippen molar-refractivity contribution in [3.8, 4) is 0 Å². The van der Waals surface area contributed by atoms with Crippen LogP contribution in [-0.2, 0) is 10.2 Å². The van der Waals surface area contributed by atoms with Crippen molar-refractivity contribution < 1.29 is 9.84 Å². The molecular formula is C16H25NO2. The molecule has 19 heavy (non-hydrogen) atoms. The van der Waals surface area contributed by atoms with Gasteiger partial charge in [0.05, 0.1) is 19.8 Å². The normalized spacial score (nSPS) is 24.5. The summed E-state index contributed by atoms with van der Waals surface area (Å²) in [4.78, 5) is 2.48. The first kappa shape index (κ1) is 14.5. The summed E-state index contributed by atoms with van der Waals surface area (Å²) in [6.07, 6.45) is 2.50. The molecule has 1 aromatic carbocycles. The van der Waals surface area contributed by atoms with Crippen molar-refractivity contribution in [2.75, 3.05) is 39.5 Å². The Morgan fingerprint density at radius 3 is 2.79 bits per heavy atom. The maximum atomic E-state index is 8.70. The summed E-state index contributed by atoms with van der Waals surface area (Å²) < 4.78 is 5.37. The summed E-state index contributed by atoms with van der Waals surface area (Å²) in [5.41, 5.74) is 1.70. The molecule has 0 saturated carbocycles. The van der Waals surface area contributed by atoms with Gasteiger partial charge >= 0.3 is 0 Å². The highest BCUT2D eigenvalue weighted by atomic mass is 16.5. The average molecular weight is 263 g/mol. The fraction of sp³-hybridized carbons (Fsp3) is 0.625. The van der Waals surface area contributed by atoms with Gasteiger partial charge in [0.1, 0.15) is 0 Å². The predicted molar refractivity (Wildman–Crippen MR) is 77.4 cm³/mol. The quantitative estimate of drug-likeness (QED) is 0.797. The van der Waals surface area contributed by atoms with Crippen molar-refractivity contribution in [3.63, 3.8) is 0 Å². The molecule has 0 spiro atoms. The van der Waals surface area contributed by atoms with Gasteiger partial charge in [0.25, 0.3) is 0 Å². The zero-order valence-electron chi connectivity index (χ0n) is 11.8. The summed E-state index contributed by atoms with van der Waals surface area (Å²) in [6.45, 7) is 6.85. The number of ether oxygens (including phenoxy) is 1. The molecule has 1 heterocycles. The molecule has 0 radical (unpaired) electrons. The topological polar surface area (TPSA) is 32.7 Å². The summed E-state index contributed by atoms with van der Waals surface area (Å²) in [7, 11) is 0. The zero-order chi connectivity index (χ0) is 13.6. The van der Waals surface area contributed by atoms with E-state index in [0.29, 0.717) is 13.2 Å². The van der Waals surface area contributed by atoms with Crippen LogP contribution < -0.4 is 0 Å². The van der Waals surface area contributed by atoms with E-state index < -0.39 is 0 Å². The molecule has 3 nitrogen and oxygen atoms in total. The first-order valence-electron chi connectivity index (χ1n) is 7.21. The van der Waals surface area contributed by atoms with Crippen LogP contribution in [0.2, 0.25) is 0 Å². The highest BCUT2D eigenvalue weighted by Gasteiger charge is 2.32. The zero-order valence-corrected chi connectivity index (χ0v) is 11.8. The molecule has 3 heteroatoms. The molecule has 0 aliphatic carbocycles. The third kappa shape index (κ3) is 4.03. The third-order valence-corrected chi connectivity index (χ3v) is 4.03. The van der Waals surface area contributed by atoms with Gasteiger partial charge in [-0.25, -0.2) is 0 Å². The Morgan fingerprint density at radius 2 is 2.05 bits per heavy atom. The van der Waals surface area contributed by atoms with E-state index in [2.05, 4.69) is 42.2 Å². The molecule has 0 bridgehead atoms. The van der Waals surface area contributed by atoms with E-state index in [1.165, 1.54) is 18.4 Å². The summed E-state index contributed by atoms with van der Waals surface area (Å²) >= 11 is 0. The van der Waals surface area contributed by atoms with Gasteiger partial charge in [-0.3, -0.25) is 0 Å². The summed E-state index contributed by atoms with van der Waals surface area (Å²) in [5, 5.41) is 8.70. The number of aliphatic hydroxyl groups is 1. The maximum Gasteiger partial charge on any atom is 0.0698 e. The van der Waals surface area contributed by atoms with Gasteiger partial charge in [0, 0.05) is 18.5 Å². The molecular weight excluding hydrogens is 238 g/mol. The average Bonchev–Trinajstić information content (AvgIpc) is 2.45. The second-order valence-electron chi connectivity index (χ2n) is 5.64. The number of likely N-dealkylation sites (tertiary alicyclic amines) is 1. The number of hydrogen-bond donors (Lipinski definition) is 1. The number of piperidine rings is 1. The molecule has 1 atom stereocenters. The van der Waals surface area contributed by atoms with Crippen LogP contribution in [0.5, 0.6) is 0 Å². The van der Waals surface area contributed by atoms with E-state index in [9.17, 15) is 0 Å². The molecule has 1 aromatic rings. The maximum absolute atomic E-state index is 8.70. The predicted octanol–water partition coefficient (Wildman–Crippen LogP) is 2.05. The Kier molecular flexibility index (Phi) is 5.37. The van der Waals surface area contributed by atoms with Crippen LogP contribution in [0.1, 0.15) is 25.3 Å². The number of benzene rings is 1. The lowest BCUT2D eigenvalue weighted by molar-refractivity contribution is 0.0595. The van der Waals surface area contributed by atoms with Crippen molar-refractivity contribution in [2.24, 2.45) is 0 Å². The molecule has 1 saturated heterocycles. The van der Waals surface area contributed by atoms with Crippen molar-refractivity contribution in [3.05, 3.63) is 35.9 Å². The molecule has 1 N–H and O–H groups in total. The van der Waals surface area contributed by atoms with Gasteiger partial charge in [-0.2, -0.15) is 0 Å². The van der Waals surface area contributed by atoms with Crippen LogP contribution in [0.25, 0.3) is 0 Å². The molecule has 0 aromatic heterocycles. The van der Waals surface area contributed by atoms with Crippen LogP contribution in [0.15, 0.2) is 30.3 Å². The third-order valence-electron chi connectivity index (χ3n) is 4.03. The highest BCUT2D eigenvalue weighted by molar-refractivity contribution is 5.25. The Bertz CT molecular complexity index is 368. The van der Waals surface area contributed by atoms with E-state index in [-0.39, 0.29) is 12.0 Å². The van der Waals surface area contributed by atoms with Gasteiger partial charge in [-0.05, 0) is 24.9 Å². The van der Waals surface area contributed by atoms with Crippen LogP contribution in [0, 0.1) is 0 Å². The van der Waals surface area contributed by atoms with E-state index in [1.54, 1.807) is 0 Å². The Balaban J connectivity index is 1.89. The number of rotatable bonds is 6. The Hall–Kier alpha value is -0.900. The molecule has 1 aliphatic rings. The molecule has 106 valence electrons. The van der Waals surface area contributed by atoms with E-state index in [1.807, 2.05) is 0 Å². The first-order valence-corrected chi connectivity index (χ1v) is 7.21. The lowest BCUT2D eigenvalue weighted by Crippen LogP contribution is -2.45. The second kappa shape index (κ2) is 7.04. The molecule has 2 rings (SSSR count). The van der Waals surface area contributed by atoms with Crippen LogP contribution in [0.3, 0.4) is 0 Å². The number of hydrogen-bond acceptors (Lipinski definition) is 3. The number of aliphatic hydroxyl groups excluding tert-OH is 1. The molecule has 1 unspecified atom stereocenters. The fourth-order valence-corrected chi connectivity index (χ4v) is 2.97. The molecule has 1 aliphatic heterocycles. The van der Waals surface area contributed by atoms with E-state index in [0.717, 1.165) is 19.6 Å². The molecule has 0 amide bonds. The van der Waals surface area contributed by atoms with Crippen molar-refractivity contribution in [1.29, 1.82) is 0 Å². The number of nitrogens with zero attached hydrogens (tertiary/aromatic N) is 1. The Morgan fingerprint density at radius 1 is 1.26 bits per heavy atom. The minimum absolute atomic E-state index is 0.113. The standard InChI is InChI=1S/C16H25NO2/c1-16(15-6-3-2-4-7-15)8-5-9-17(14-16)10-12-19-13-11-18/h2-4,6-7,18H,5,8-14H2,1H3. The minimum Gasteiger partial charge on any atom is -0.394 e. The second-order valence-corrected chi connectivity index (χ2v) is 5.64. The summed E-state index contributed by atoms with van der Waals surface area (Å²) in [6, 6.07) is 10.8. The SMILES string of the molecule is CC1(c2ccccc2)CCCN(CCOCCO)C1. The van der Waals surface area contributed by atoms with E-state index in [4.69, 9.17) is 9.84 Å². The molecule has 1 fully saturated rings. The monoisotopic (exact) mass is 263 g/mol. The summed E-state index contributed by atoms with van der Waals surface area (Å²) in [5.74, 6) is 0.